The molecule has 1 aliphatic heterocycles. The third kappa shape index (κ3) is 4.43. The molecule has 7 nitrogen and oxygen atoms in total. The zero-order chi connectivity index (χ0) is 25.6. The average Bonchev–Trinajstić information content (AvgIpc) is 2.84. The summed E-state index contributed by atoms with van der Waals surface area (Å²) in [7, 11) is 1.97. The van der Waals surface area contributed by atoms with E-state index in [2.05, 4.69) is 36.8 Å². The third-order valence-corrected chi connectivity index (χ3v) is 8.17. The number of benzene rings is 2. The molecule has 0 saturated heterocycles. The van der Waals surface area contributed by atoms with Crippen molar-refractivity contribution in [2.45, 2.75) is 51.0 Å². The molecule has 0 amide bonds. The summed E-state index contributed by atoms with van der Waals surface area (Å²) < 4.78 is 7.81. The molecule has 9 heteroatoms. The maximum absolute atomic E-state index is 13.3. The summed E-state index contributed by atoms with van der Waals surface area (Å²) in [6, 6.07) is 10.0. The number of rotatable bonds is 5. The molecular weight excluding hydrogens is 592 g/mol. The van der Waals surface area contributed by atoms with Crippen LogP contribution in [0.25, 0.3) is 0 Å². The third-order valence-electron chi connectivity index (χ3n) is 7.12. The normalized spacial score (nSPS) is 18.4. The lowest BCUT2D eigenvalue weighted by molar-refractivity contribution is -0.384. The Balaban J connectivity index is 1.62. The van der Waals surface area contributed by atoms with Gasteiger partial charge >= 0.3 is 0 Å². The van der Waals surface area contributed by atoms with E-state index in [1.54, 1.807) is 12.1 Å². The Hall–Kier alpha value is -2.78. The Morgan fingerprint density at radius 1 is 0.972 bits per heavy atom. The number of ketones is 2. The van der Waals surface area contributed by atoms with Gasteiger partial charge in [-0.1, -0.05) is 15.9 Å². The molecule has 2 aromatic rings. The van der Waals surface area contributed by atoms with Gasteiger partial charge in [-0.2, -0.15) is 0 Å². The highest BCUT2D eigenvalue weighted by Gasteiger charge is 2.43. The number of hydrogen-bond acceptors (Lipinski definition) is 6. The van der Waals surface area contributed by atoms with Gasteiger partial charge in [-0.05, 0) is 71.4 Å². The Kier molecular flexibility index (Phi) is 6.87. The molecule has 2 aromatic carbocycles. The van der Waals surface area contributed by atoms with Crippen LogP contribution in [0.1, 0.15) is 55.6 Å². The lowest BCUT2D eigenvalue weighted by atomic mass is 9.71. The fraction of sp³-hybridized carbons (Fsp3) is 0.333. The molecule has 0 unspecified atom stereocenters. The molecule has 5 rings (SSSR count). The van der Waals surface area contributed by atoms with Crippen LogP contribution in [0.15, 0.2) is 67.9 Å². The summed E-state index contributed by atoms with van der Waals surface area (Å²) in [6.45, 7) is 0.178. The first kappa shape index (κ1) is 24.9. The van der Waals surface area contributed by atoms with E-state index in [4.69, 9.17) is 4.74 Å². The maximum atomic E-state index is 13.3. The SMILES string of the molecule is CN1C2=C(C(=O)CCC2)C(c2cc(Br)cc(Br)c2OCc2ccc([N+](=O)[O-])cc2)C2=C1CCCC2=O. The van der Waals surface area contributed by atoms with Crippen LogP contribution in [-0.4, -0.2) is 28.4 Å². The van der Waals surface area contributed by atoms with Crippen molar-refractivity contribution in [3.8, 4) is 5.75 Å². The number of ether oxygens (including phenoxy) is 1. The predicted molar refractivity (Wildman–Crippen MR) is 142 cm³/mol. The smallest absolute Gasteiger partial charge is 0.269 e. The number of carbonyl (C=O) groups is 2. The topological polar surface area (TPSA) is 89.8 Å². The zero-order valence-electron chi connectivity index (χ0n) is 19.7. The second kappa shape index (κ2) is 9.94. The Bertz CT molecular complexity index is 1300. The molecule has 0 radical (unpaired) electrons. The second-order valence-electron chi connectivity index (χ2n) is 9.28. The van der Waals surface area contributed by atoms with Gasteiger partial charge in [-0.25, -0.2) is 0 Å². The van der Waals surface area contributed by atoms with Crippen molar-refractivity contribution in [1.82, 2.24) is 4.90 Å². The average molecular weight is 616 g/mol. The van der Waals surface area contributed by atoms with Gasteiger partial charge in [0.15, 0.2) is 11.6 Å². The number of carbonyl (C=O) groups excluding carboxylic acids is 2. The second-order valence-corrected chi connectivity index (χ2v) is 11.1. The molecule has 0 aromatic heterocycles. The van der Waals surface area contributed by atoms with E-state index in [0.29, 0.717) is 34.2 Å². The number of nitrogens with zero attached hydrogens (tertiary/aromatic N) is 2. The van der Waals surface area contributed by atoms with Gasteiger partial charge in [0, 0.05) is 70.5 Å². The monoisotopic (exact) mass is 614 g/mol. The van der Waals surface area contributed by atoms with Crippen molar-refractivity contribution in [3.63, 3.8) is 0 Å². The quantitative estimate of drug-likeness (QED) is 0.273. The van der Waals surface area contributed by atoms with Gasteiger partial charge in [0.2, 0.25) is 0 Å². The minimum atomic E-state index is -0.493. The van der Waals surface area contributed by atoms with Crippen LogP contribution in [0.3, 0.4) is 0 Å². The van der Waals surface area contributed by atoms with Gasteiger partial charge < -0.3 is 9.64 Å². The Labute approximate surface area is 225 Å². The molecule has 2 aliphatic carbocycles. The number of nitro groups is 1. The van der Waals surface area contributed by atoms with Crippen LogP contribution in [0.2, 0.25) is 0 Å². The van der Waals surface area contributed by atoms with Gasteiger partial charge in [0.25, 0.3) is 5.69 Å². The molecule has 0 N–H and O–H groups in total. The van der Waals surface area contributed by atoms with Gasteiger partial charge in [0.05, 0.1) is 9.40 Å². The maximum Gasteiger partial charge on any atom is 0.269 e. The first-order chi connectivity index (χ1) is 17.3. The predicted octanol–water partition coefficient (Wildman–Crippen LogP) is 6.74. The lowest BCUT2D eigenvalue weighted by Gasteiger charge is -2.42. The first-order valence-corrected chi connectivity index (χ1v) is 13.5. The van der Waals surface area contributed by atoms with Crippen molar-refractivity contribution in [1.29, 1.82) is 0 Å². The van der Waals surface area contributed by atoms with Crippen molar-refractivity contribution in [3.05, 3.63) is 89.1 Å². The van der Waals surface area contributed by atoms with Crippen LogP contribution in [-0.2, 0) is 16.2 Å². The summed E-state index contributed by atoms with van der Waals surface area (Å²) in [5.74, 6) is 0.222. The van der Waals surface area contributed by atoms with Crippen LogP contribution < -0.4 is 4.74 Å². The number of Topliss-reactive ketones (excluding diaryl/α,β-unsaturated/α-hetero) is 2. The Morgan fingerprint density at radius 2 is 1.56 bits per heavy atom. The van der Waals surface area contributed by atoms with E-state index in [1.807, 2.05) is 19.2 Å². The fourth-order valence-corrected chi connectivity index (χ4v) is 6.85. The highest BCUT2D eigenvalue weighted by molar-refractivity contribution is 9.11. The number of nitro benzene ring substituents is 1. The number of allylic oxidation sites excluding steroid dienone is 4. The molecule has 186 valence electrons. The molecule has 0 atom stereocenters. The van der Waals surface area contributed by atoms with Crippen molar-refractivity contribution < 1.29 is 19.2 Å². The summed E-state index contributed by atoms with van der Waals surface area (Å²) in [6.07, 6.45) is 4.14. The van der Waals surface area contributed by atoms with Crippen molar-refractivity contribution >= 4 is 49.1 Å². The van der Waals surface area contributed by atoms with E-state index < -0.39 is 10.8 Å². The van der Waals surface area contributed by atoms with Crippen molar-refractivity contribution in [2.24, 2.45) is 0 Å². The van der Waals surface area contributed by atoms with E-state index in [-0.39, 0.29) is 23.9 Å². The molecule has 0 saturated carbocycles. The molecule has 0 bridgehead atoms. The summed E-state index contributed by atoms with van der Waals surface area (Å²) in [5.41, 5.74) is 4.94. The highest BCUT2D eigenvalue weighted by Crippen LogP contribution is 2.52. The standard InChI is InChI=1S/C27H24Br2N2O5/c1-30-20-4-2-6-22(32)25(20)24(26-21(30)5-3-7-23(26)33)18-12-16(28)13-19(29)27(18)36-14-15-8-10-17(11-9-15)31(34)35/h8-13,24H,2-7,14H2,1H3. The molecule has 0 spiro atoms. The van der Waals surface area contributed by atoms with Gasteiger partial charge in [-0.3, -0.25) is 19.7 Å². The van der Waals surface area contributed by atoms with E-state index in [9.17, 15) is 19.7 Å². The van der Waals surface area contributed by atoms with Crippen LogP contribution in [0.5, 0.6) is 5.75 Å². The molecule has 1 heterocycles. The molecule has 0 fully saturated rings. The summed E-state index contributed by atoms with van der Waals surface area (Å²) >= 11 is 7.22. The fourth-order valence-electron chi connectivity index (χ4n) is 5.48. The largest absolute Gasteiger partial charge is 0.487 e. The lowest BCUT2D eigenvalue weighted by Crippen LogP contribution is -2.37. The molecular formula is C27H24Br2N2O5. The van der Waals surface area contributed by atoms with Crippen LogP contribution >= 0.6 is 31.9 Å². The Morgan fingerprint density at radius 3 is 2.11 bits per heavy atom. The number of halogens is 2. The first-order valence-electron chi connectivity index (χ1n) is 11.9. The van der Waals surface area contributed by atoms with E-state index >= 15 is 0 Å². The van der Waals surface area contributed by atoms with Crippen LogP contribution in [0.4, 0.5) is 5.69 Å². The minimum absolute atomic E-state index is 0.0149. The van der Waals surface area contributed by atoms with E-state index in [0.717, 1.165) is 52.7 Å². The van der Waals surface area contributed by atoms with E-state index in [1.165, 1.54) is 12.1 Å². The summed E-state index contributed by atoms with van der Waals surface area (Å²) in [4.78, 5) is 39.3. The molecule has 3 aliphatic rings. The minimum Gasteiger partial charge on any atom is -0.487 e. The zero-order valence-corrected chi connectivity index (χ0v) is 22.9. The van der Waals surface area contributed by atoms with Gasteiger partial charge in [-0.15, -0.1) is 0 Å². The number of non-ortho nitro benzene ring substituents is 1. The van der Waals surface area contributed by atoms with Crippen molar-refractivity contribution in [2.75, 3.05) is 7.05 Å². The highest BCUT2D eigenvalue weighted by atomic mass is 79.9. The number of hydrogen-bond donors (Lipinski definition) is 0. The molecule has 36 heavy (non-hydrogen) atoms. The summed E-state index contributed by atoms with van der Waals surface area (Å²) in [5, 5.41) is 11.0. The van der Waals surface area contributed by atoms with Crippen LogP contribution in [0, 0.1) is 10.1 Å². The van der Waals surface area contributed by atoms with Gasteiger partial charge in [0.1, 0.15) is 12.4 Å².